The first-order valence-electron chi connectivity index (χ1n) is 9.23. The fraction of sp³-hybridized carbons (Fsp3) is 0.333. The molecule has 0 spiro atoms. The van der Waals surface area contributed by atoms with Gasteiger partial charge in [-0.25, -0.2) is 4.39 Å². The molecule has 8 heteroatoms. The van der Waals surface area contributed by atoms with Gasteiger partial charge in [0.05, 0.1) is 18.0 Å². The third-order valence-electron chi connectivity index (χ3n) is 5.50. The van der Waals surface area contributed by atoms with Crippen LogP contribution in [0.1, 0.15) is 34.6 Å². The van der Waals surface area contributed by atoms with Gasteiger partial charge in [-0.05, 0) is 47.4 Å². The molecule has 2 aliphatic heterocycles. The fourth-order valence-corrected chi connectivity index (χ4v) is 3.91. The molecule has 2 aliphatic rings. The van der Waals surface area contributed by atoms with Gasteiger partial charge in [0, 0.05) is 19.6 Å². The molecule has 152 valence electrons. The Kier molecular flexibility index (Phi) is 4.80. The first-order chi connectivity index (χ1) is 13.7. The molecule has 0 aromatic heterocycles. The molecule has 0 aliphatic carbocycles. The van der Waals surface area contributed by atoms with Gasteiger partial charge >= 0.3 is 6.18 Å². The third kappa shape index (κ3) is 3.83. The van der Waals surface area contributed by atoms with Crippen molar-refractivity contribution in [1.29, 1.82) is 0 Å². The van der Waals surface area contributed by atoms with Crippen LogP contribution in [0.3, 0.4) is 0 Å². The molecular weight excluding hydrogens is 388 g/mol. The lowest BCUT2D eigenvalue weighted by Crippen LogP contribution is -2.39. The molecular formula is C21H18F4N2O2. The van der Waals surface area contributed by atoms with E-state index in [0.29, 0.717) is 29.7 Å². The first-order valence-corrected chi connectivity index (χ1v) is 9.23. The average molecular weight is 406 g/mol. The smallest absolute Gasteiger partial charge is 0.333 e. The maximum Gasteiger partial charge on any atom is 0.416 e. The number of fused-ring (bicyclic) bond motifs is 1. The minimum absolute atomic E-state index is 0.0987. The zero-order valence-electron chi connectivity index (χ0n) is 15.4. The van der Waals surface area contributed by atoms with E-state index in [9.17, 15) is 27.2 Å². The summed E-state index contributed by atoms with van der Waals surface area (Å²) in [6.07, 6.45) is -3.89. The lowest BCUT2D eigenvalue weighted by molar-refractivity contribution is -0.139. The molecule has 29 heavy (non-hydrogen) atoms. The van der Waals surface area contributed by atoms with Crippen LogP contribution < -0.4 is 0 Å². The second-order valence-corrected chi connectivity index (χ2v) is 7.38. The second kappa shape index (κ2) is 7.17. The highest BCUT2D eigenvalue weighted by molar-refractivity contribution is 5.90. The molecule has 2 aromatic carbocycles. The van der Waals surface area contributed by atoms with Gasteiger partial charge in [-0.3, -0.25) is 9.59 Å². The van der Waals surface area contributed by atoms with Gasteiger partial charge in [0.2, 0.25) is 11.8 Å². The number of alkyl halides is 3. The predicted molar refractivity (Wildman–Crippen MR) is 96.0 cm³/mol. The first kappa shape index (κ1) is 19.4. The Bertz CT molecular complexity index is 956. The number of amides is 2. The van der Waals surface area contributed by atoms with Crippen molar-refractivity contribution in [3.63, 3.8) is 0 Å². The number of carbonyl (C=O) groups excluding carboxylic acids is 2. The van der Waals surface area contributed by atoms with Crippen LogP contribution in [-0.2, 0) is 28.9 Å². The largest absolute Gasteiger partial charge is 0.416 e. The molecule has 4 nitrogen and oxygen atoms in total. The quantitative estimate of drug-likeness (QED) is 0.730. The monoisotopic (exact) mass is 406 g/mol. The molecule has 1 fully saturated rings. The Morgan fingerprint density at radius 1 is 1.03 bits per heavy atom. The van der Waals surface area contributed by atoms with Crippen LogP contribution in [0.5, 0.6) is 0 Å². The van der Waals surface area contributed by atoms with E-state index >= 15 is 0 Å². The number of nitrogens with zero attached hydrogens (tertiary/aromatic N) is 2. The minimum atomic E-state index is -4.43. The molecule has 0 radical (unpaired) electrons. The molecule has 4 rings (SSSR count). The van der Waals surface area contributed by atoms with Crippen LogP contribution in [0.2, 0.25) is 0 Å². The number of rotatable bonds is 3. The third-order valence-corrected chi connectivity index (χ3v) is 5.50. The molecule has 1 saturated heterocycles. The number of benzene rings is 2. The maximum atomic E-state index is 13.1. The Labute approximate surface area is 164 Å². The van der Waals surface area contributed by atoms with Gasteiger partial charge < -0.3 is 9.80 Å². The summed E-state index contributed by atoms with van der Waals surface area (Å²) in [4.78, 5) is 28.2. The number of hydrogen-bond donors (Lipinski definition) is 0. The van der Waals surface area contributed by atoms with Crippen LogP contribution >= 0.6 is 0 Å². The number of likely N-dealkylation sites (tertiary alicyclic amines) is 1. The SMILES string of the molecule is O=C(CN1CCC(c2ccc(F)cc2)C1=O)N1Cc2ccc(C(F)(F)F)cc2C1. The van der Waals surface area contributed by atoms with Gasteiger partial charge in [0.1, 0.15) is 5.82 Å². The summed E-state index contributed by atoms with van der Waals surface area (Å²) in [5.74, 6) is -1.29. The number of hydrogen-bond acceptors (Lipinski definition) is 2. The zero-order valence-corrected chi connectivity index (χ0v) is 15.4. The highest BCUT2D eigenvalue weighted by Crippen LogP contribution is 2.34. The Morgan fingerprint density at radius 3 is 2.41 bits per heavy atom. The van der Waals surface area contributed by atoms with E-state index in [1.165, 1.54) is 28.0 Å². The van der Waals surface area contributed by atoms with E-state index < -0.39 is 17.7 Å². The van der Waals surface area contributed by atoms with Crippen molar-refractivity contribution in [3.8, 4) is 0 Å². The normalized spacial score (nSPS) is 19.0. The van der Waals surface area contributed by atoms with Crippen molar-refractivity contribution in [1.82, 2.24) is 9.80 Å². The number of halogens is 4. The highest BCUT2D eigenvalue weighted by atomic mass is 19.4. The summed E-state index contributed by atoms with van der Waals surface area (Å²) in [5, 5.41) is 0. The summed E-state index contributed by atoms with van der Waals surface area (Å²) in [5.41, 5.74) is 1.13. The zero-order chi connectivity index (χ0) is 20.8. The lowest BCUT2D eigenvalue weighted by Gasteiger charge is -2.21. The lowest BCUT2D eigenvalue weighted by atomic mass is 9.98. The molecule has 2 heterocycles. The fourth-order valence-electron chi connectivity index (χ4n) is 3.91. The maximum absolute atomic E-state index is 13.1. The Hall–Kier alpha value is -2.90. The summed E-state index contributed by atoms with van der Waals surface area (Å²) < 4.78 is 51.7. The molecule has 0 bridgehead atoms. The van der Waals surface area contributed by atoms with Gasteiger partial charge in [-0.2, -0.15) is 13.2 Å². The van der Waals surface area contributed by atoms with Crippen LogP contribution in [0, 0.1) is 5.82 Å². The van der Waals surface area contributed by atoms with Crippen molar-refractivity contribution in [2.24, 2.45) is 0 Å². The molecule has 2 amide bonds. The topological polar surface area (TPSA) is 40.6 Å². The molecule has 2 aromatic rings. The Balaban J connectivity index is 1.40. The van der Waals surface area contributed by atoms with Crippen molar-refractivity contribution < 1.29 is 27.2 Å². The Morgan fingerprint density at radius 2 is 1.72 bits per heavy atom. The summed E-state index contributed by atoms with van der Waals surface area (Å²) in [6.45, 7) is 0.625. The van der Waals surface area contributed by atoms with Crippen LogP contribution in [0.15, 0.2) is 42.5 Å². The highest BCUT2D eigenvalue weighted by Gasteiger charge is 2.36. The summed E-state index contributed by atoms with van der Waals surface area (Å²) >= 11 is 0. The van der Waals surface area contributed by atoms with Crippen LogP contribution in [0.4, 0.5) is 17.6 Å². The summed E-state index contributed by atoms with van der Waals surface area (Å²) in [7, 11) is 0. The molecule has 1 unspecified atom stereocenters. The number of carbonyl (C=O) groups is 2. The van der Waals surface area contributed by atoms with Crippen LogP contribution in [0.25, 0.3) is 0 Å². The van der Waals surface area contributed by atoms with Crippen LogP contribution in [-0.4, -0.2) is 34.7 Å². The van der Waals surface area contributed by atoms with Crippen molar-refractivity contribution in [2.75, 3.05) is 13.1 Å². The van der Waals surface area contributed by atoms with E-state index in [1.54, 1.807) is 12.1 Å². The molecule has 0 N–H and O–H groups in total. The van der Waals surface area contributed by atoms with E-state index in [4.69, 9.17) is 0 Å². The average Bonchev–Trinajstić information content (AvgIpc) is 3.25. The predicted octanol–water partition coefficient (Wildman–Crippen LogP) is 3.70. The van der Waals surface area contributed by atoms with E-state index in [2.05, 4.69) is 0 Å². The van der Waals surface area contributed by atoms with Gasteiger partial charge in [-0.1, -0.05) is 18.2 Å². The minimum Gasteiger partial charge on any atom is -0.333 e. The van der Waals surface area contributed by atoms with E-state index in [0.717, 1.165) is 12.1 Å². The van der Waals surface area contributed by atoms with Gasteiger partial charge in [0.15, 0.2) is 0 Å². The standard InChI is InChI=1S/C21H18F4N2O2/c22-17-5-2-13(3-6-17)18-7-8-26(20(18)29)12-19(28)27-10-14-1-4-16(21(23,24)25)9-15(14)11-27/h1-6,9,18H,7-8,10-12H2. The molecule has 1 atom stereocenters. The van der Waals surface area contributed by atoms with Gasteiger partial charge in [0.25, 0.3) is 0 Å². The summed E-state index contributed by atoms with van der Waals surface area (Å²) in [6, 6.07) is 9.23. The van der Waals surface area contributed by atoms with Crippen molar-refractivity contribution in [2.45, 2.75) is 31.6 Å². The second-order valence-electron chi connectivity index (χ2n) is 7.38. The van der Waals surface area contributed by atoms with Crippen molar-refractivity contribution in [3.05, 3.63) is 70.5 Å². The van der Waals surface area contributed by atoms with E-state index in [1.807, 2.05) is 0 Å². The molecule has 0 saturated carbocycles. The van der Waals surface area contributed by atoms with Crippen molar-refractivity contribution >= 4 is 11.8 Å². The van der Waals surface area contributed by atoms with Gasteiger partial charge in [-0.15, -0.1) is 0 Å². The van der Waals surface area contributed by atoms with E-state index in [-0.39, 0.29) is 37.3 Å².